The maximum Gasteiger partial charge on any atom is 1.00 e. The molecular formula is C18H16N3NaO4. The summed E-state index contributed by atoms with van der Waals surface area (Å²) < 4.78 is 0. The van der Waals surface area contributed by atoms with Crippen LogP contribution in [0.4, 0.5) is 0 Å². The Morgan fingerprint density at radius 2 is 1.92 bits per heavy atom. The van der Waals surface area contributed by atoms with Crippen molar-refractivity contribution < 1.29 is 44.3 Å². The second kappa shape index (κ2) is 7.54. The SMILES string of the molecule is C#C.CC[C@H]1C(=O)N2C(C(=O)[O-])=C(c3ccc4[nH]c(=O)[nH]c4c3)CC12.[Na+]. The summed E-state index contributed by atoms with van der Waals surface area (Å²) in [6.45, 7) is 1.92. The first-order chi connectivity index (χ1) is 12.0. The number of imidazole rings is 1. The molecule has 1 saturated heterocycles. The van der Waals surface area contributed by atoms with Crippen LogP contribution >= 0.6 is 0 Å². The average Bonchev–Trinajstić information content (AvgIpc) is 3.13. The Kier molecular flexibility index (Phi) is 5.81. The Morgan fingerprint density at radius 1 is 1.27 bits per heavy atom. The van der Waals surface area contributed by atoms with Crippen molar-refractivity contribution in [2.24, 2.45) is 5.92 Å². The Hall–Kier alpha value is -2.27. The number of carbonyl (C=O) groups excluding carboxylic acids is 2. The minimum Gasteiger partial charge on any atom is -0.543 e. The third kappa shape index (κ3) is 2.90. The van der Waals surface area contributed by atoms with Gasteiger partial charge in [0.1, 0.15) is 0 Å². The number of β-lactam (4-membered cyclic amide) rings is 1. The minimum absolute atomic E-state index is 0. The van der Waals surface area contributed by atoms with Gasteiger partial charge in [-0.15, -0.1) is 12.8 Å². The zero-order valence-electron chi connectivity index (χ0n) is 14.5. The van der Waals surface area contributed by atoms with E-state index in [-0.39, 0.29) is 58.8 Å². The topological polar surface area (TPSA) is 109 Å². The van der Waals surface area contributed by atoms with Gasteiger partial charge in [-0.25, -0.2) is 4.79 Å². The van der Waals surface area contributed by atoms with Gasteiger partial charge in [0, 0.05) is 0 Å². The van der Waals surface area contributed by atoms with Gasteiger partial charge < -0.3 is 24.8 Å². The molecule has 0 radical (unpaired) electrons. The number of aromatic amines is 2. The van der Waals surface area contributed by atoms with Crippen LogP contribution in [0.2, 0.25) is 0 Å². The third-order valence-electron chi connectivity index (χ3n) is 4.79. The molecule has 1 aromatic heterocycles. The van der Waals surface area contributed by atoms with Crippen molar-refractivity contribution in [3.8, 4) is 12.8 Å². The summed E-state index contributed by atoms with van der Waals surface area (Å²) in [5.74, 6) is -1.62. The molecular weight excluding hydrogens is 345 g/mol. The molecule has 0 aliphatic carbocycles. The first-order valence-corrected chi connectivity index (χ1v) is 7.84. The molecule has 1 fully saturated rings. The van der Waals surface area contributed by atoms with E-state index >= 15 is 0 Å². The Balaban J connectivity index is 0.000000784. The number of rotatable bonds is 3. The van der Waals surface area contributed by atoms with E-state index in [9.17, 15) is 19.5 Å². The van der Waals surface area contributed by atoms with Crippen LogP contribution in [0.15, 0.2) is 28.7 Å². The number of hydrogen-bond donors (Lipinski definition) is 2. The fraction of sp³-hybridized carbons (Fsp3) is 0.278. The first-order valence-electron chi connectivity index (χ1n) is 7.84. The molecule has 0 saturated carbocycles. The predicted octanol–water partition coefficient (Wildman–Crippen LogP) is -2.79. The molecule has 2 N–H and O–H groups in total. The number of nitrogens with one attached hydrogen (secondary N) is 2. The van der Waals surface area contributed by atoms with Crippen LogP contribution in [-0.2, 0) is 9.59 Å². The van der Waals surface area contributed by atoms with Crippen molar-refractivity contribution >= 4 is 28.5 Å². The van der Waals surface area contributed by atoms with Crippen LogP contribution in [0.1, 0.15) is 25.3 Å². The van der Waals surface area contributed by atoms with E-state index < -0.39 is 5.97 Å². The van der Waals surface area contributed by atoms with E-state index in [1.165, 1.54) is 4.90 Å². The van der Waals surface area contributed by atoms with E-state index in [0.29, 0.717) is 35.0 Å². The van der Waals surface area contributed by atoms with Crippen LogP contribution in [0.5, 0.6) is 0 Å². The number of hydrogen-bond acceptors (Lipinski definition) is 4. The summed E-state index contributed by atoms with van der Waals surface area (Å²) in [6.07, 6.45) is 9.19. The van der Waals surface area contributed by atoms with Crippen LogP contribution < -0.4 is 40.4 Å². The maximum atomic E-state index is 12.1. The molecule has 8 heteroatoms. The Morgan fingerprint density at radius 3 is 2.54 bits per heavy atom. The van der Waals surface area contributed by atoms with Gasteiger partial charge in [0.2, 0.25) is 5.91 Å². The number of carboxylic acid groups (broad SMARTS) is 1. The molecule has 0 bridgehead atoms. The number of fused-ring (bicyclic) bond motifs is 2. The number of nitrogens with zero attached hydrogens (tertiary/aromatic N) is 1. The van der Waals surface area contributed by atoms with Crippen molar-refractivity contribution in [2.75, 3.05) is 0 Å². The van der Waals surface area contributed by atoms with Crippen molar-refractivity contribution in [1.82, 2.24) is 14.9 Å². The number of H-pyrrole nitrogens is 2. The molecule has 2 atom stereocenters. The van der Waals surface area contributed by atoms with E-state index in [0.717, 1.165) is 0 Å². The number of aromatic nitrogens is 2. The van der Waals surface area contributed by atoms with Crippen molar-refractivity contribution in [3.63, 3.8) is 0 Å². The van der Waals surface area contributed by atoms with Crippen LogP contribution in [-0.4, -0.2) is 32.8 Å². The first kappa shape index (κ1) is 20.0. The van der Waals surface area contributed by atoms with Crippen molar-refractivity contribution in [2.45, 2.75) is 25.8 Å². The summed E-state index contributed by atoms with van der Waals surface area (Å²) in [4.78, 5) is 41.7. The van der Waals surface area contributed by atoms with Gasteiger partial charge in [0.15, 0.2) is 0 Å². The minimum atomic E-state index is -1.34. The average molecular weight is 361 g/mol. The second-order valence-electron chi connectivity index (χ2n) is 5.95. The van der Waals surface area contributed by atoms with E-state index in [4.69, 9.17) is 0 Å². The normalized spacial score (nSPS) is 20.7. The molecule has 2 aliphatic rings. The quantitative estimate of drug-likeness (QED) is 0.350. The number of amides is 1. The van der Waals surface area contributed by atoms with Gasteiger partial charge in [-0.05, 0) is 36.1 Å². The summed E-state index contributed by atoms with van der Waals surface area (Å²) in [5.41, 5.74) is 2.17. The second-order valence-corrected chi connectivity index (χ2v) is 5.95. The van der Waals surface area contributed by atoms with Gasteiger partial charge in [-0.3, -0.25) is 4.79 Å². The van der Waals surface area contributed by atoms with E-state index in [1.54, 1.807) is 18.2 Å². The zero-order valence-corrected chi connectivity index (χ0v) is 16.5. The fourth-order valence-electron chi connectivity index (χ4n) is 3.71. The molecule has 2 aliphatic heterocycles. The van der Waals surface area contributed by atoms with Gasteiger partial charge in [-0.2, -0.15) is 0 Å². The number of terminal acetylenes is 1. The molecule has 3 heterocycles. The van der Waals surface area contributed by atoms with Gasteiger partial charge in [0.05, 0.1) is 34.7 Å². The molecule has 128 valence electrons. The number of aliphatic carboxylic acids is 1. The predicted molar refractivity (Wildman–Crippen MR) is 89.8 cm³/mol. The number of carboxylic acids is 1. The molecule has 1 amide bonds. The molecule has 7 nitrogen and oxygen atoms in total. The van der Waals surface area contributed by atoms with Gasteiger partial charge >= 0.3 is 35.2 Å². The molecule has 1 aromatic carbocycles. The van der Waals surface area contributed by atoms with Crippen LogP contribution in [0.25, 0.3) is 16.6 Å². The fourth-order valence-corrected chi connectivity index (χ4v) is 3.71. The van der Waals surface area contributed by atoms with Gasteiger partial charge in [-0.1, -0.05) is 13.0 Å². The van der Waals surface area contributed by atoms with E-state index in [2.05, 4.69) is 22.8 Å². The molecule has 0 spiro atoms. The summed E-state index contributed by atoms with van der Waals surface area (Å²) in [5, 5.41) is 11.6. The zero-order chi connectivity index (χ0) is 18.3. The Labute approximate surface area is 171 Å². The summed E-state index contributed by atoms with van der Waals surface area (Å²) in [7, 11) is 0. The van der Waals surface area contributed by atoms with Gasteiger partial charge in [0.25, 0.3) is 0 Å². The molecule has 2 aromatic rings. The van der Waals surface area contributed by atoms with Crippen LogP contribution in [0.3, 0.4) is 0 Å². The number of benzene rings is 1. The monoisotopic (exact) mass is 361 g/mol. The smallest absolute Gasteiger partial charge is 0.543 e. The maximum absolute atomic E-state index is 12.1. The molecule has 26 heavy (non-hydrogen) atoms. The number of carbonyl (C=O) groups is 2. The Bertz CT molecular complexity index is 985. The van der Waals surface area contributed by atoms with Crippen LogP contribution in [0, 0.1) is 18.8 Å². The third-order valence-corrected chi connectivity index (χ3v) is 4.79. The summed E-state index contributed by atoms with van der Waals surface area (Å²) in [6, 6.07) is 5.10. The van der Waals surface area contributed by atoms with Crippen molar-refractivity contribution in [3.05, 3.63) is 39.9 Å². The molecule has 4 rings (SSSR count). The van der Waals surface area contributed by atoms with E-state index in [1.807, 2.05) is 6.92 Å². The molecule has 1 unspecified atom stereocenters. The van der Waals surface area contributed by atoms with Crippen molar-refractivity contribution in [1.29, 1.82) is 0 Å². The summed E-state index contributed by atoms with van der Waals surface area (Å²) >= 11 is 0. The largest absolute Gasteiger partial charge is 1.00 e. The standard InChI is InChI=1S/C16H15N3O4.C2H2.Na/c1-2-8-12-6-9(13(15(21)22)19(12)14(8)20)7-3-4-10-11(5-7)18-16(23)17-10;1-2;/h3-5,8,12H,2,6H2,1H3,(H,21,22)(H2,17,18,23);1-2H;/q;;+1/p-1/t8-,12?;;/m1../s1.